The molecule has 0 spiro atoms. The van der Waals surface area contributed by atoms with Crippen LogP contribution in [0.2, 0.25) is 5.02 Å². The first-order valence-corrected chi connectivity index (χ1v) is 5.45. The summed E-state index contributed by atoms with van der Waals surface area (Å²) in [6.07, 6.45) is 1.10. The van der Waals surface area contributed by atoms with E-state index in [0.717, 1.165) is 17.0 Å². The molecule has 1 unspecified atom stereocenters. The summed E-state index contributed by atoms with van der Waals surface area (Å²) in [5.41, 5.74) is 8.41. The van der Waals surface area contributed by atoms with Crippen molar-refractivity contribution in [2.24, 2.45) is 11.7 Å². The molecule has 0 aliphatic rings. The lowest BCUT2D eigenvalue weighted by molar-refractivity contribution is 0.456. The summed E-state index contributed by atoms with van der Waals surface area (Å²) in [5.74, 6) is 0.510. The molecule has 0 radical (unpaired) electrons. The lowest BCUT2D eigenvalue weighted by Crippen LogP contribution is -2.18. The molecule has 1 rings (SSSR count). The van der Waals surface area contributed by atoms with Crippen molar-refractivity contribution in [3.63, 3.8) is 0 Å². The van der Waals surface area contributed by atoms with Crippen LogP contribution >= 0.6 is 24.0 Å². The molecular formula is C12H19Cl2N. The van der Waals surface area contributed by atoms with Crippen molar-refractivity contribution in [3.8, 4) is 0 Å². The summed E-state index contributed by atoms with van der Waals surface area (Å²) < 4.78 is 0. The number of rotatable bonds is 3. The lowest BCUT2D eigenvalue weighted by Gasteiger charge is -2.19. The zero-order valence-electron chi connectivity index (χ0n) is 9.46. The van der Waals surface area contributed by atoms with Crippen molar-refractivity contribution in [1.29, 1.82) is 0 Å². The van der Waals surface area contributed by atoms with Gasteiger partial charge in [0.1, 0.15) is 0 Å². The fourth-order valence-corrected chi connectivity index (χ4v) is 1.58. The Kier molecular flexibility index (Phi) is 6.26. The average Bonchev–Trinajstić information content (AvgIpc) is 2.20. The maximum Gasteiger partial charge on any atom is 0.0435 e. The van der Waals surface area contributed by atoms with Gasteiger partial charge in [0.2, 0.25) is 0 Å². The van der Waals surface area contributed by atoms with Crippen molar-refractivity contribution in [3.05, 3.63) is 34.3 Å². The SMILES string of the molecule is CCC(C)[C@H](N)c1ccc(Cl)c(C)c1.Cl. The van der Waals surface area contributed by atoms with E-state index in [9.17, 15) is 0 Å². The molecule has 0 saturated carbocycles. The molecule has 0 heterocycles. The molecule has 0 fully saturated rings. The van der Waals surface area contributed by atoms with Crippen molar-refractivity contribution >= 4 is 24.0 Å². The van der Waals surface area contributed by atoms with E-state index >= 15 is 0 Å². The Bertz CT molecular complexity index is 312. The lowest BCUT2D eigenvalue weighted by atomic mass is 9.92. The van der Waals surface area contributed by atoms with Crippen LogP contribution in [0, 0.1) is 12.8 Å². The van der Waals surface area contributed by atoms with Gasteiger partial charge in [-0.25, -0.2) is 0 Å². The van der Waals surface area contributed by atoms with Crippen LogP contribution < -0.4 is 5.73 Å². The maximum absolute atomic E-state index is 6.12. The van der Waals surface area contributed by atoms with Gasteiger partial charge in [-0.15, -0.1) is 12.4 Å². The molecule has 0 aromatic heterocycles. The van der Waals surface area contributed by atoms with E-state index < -0.39 is 0 Å². The Morgan fingerprint density at radius 3 is 2.47 bits per heavy atom. The van der Waals surface area contributed by atoms with Crippen LogP contribution in [-0.2, 0) is 0 Å². The van der Waals surface area contributed by atoms with E-state index in [1.807, 2.05) is 19.1 Å². The minimum atomic E-state index is 0. The molecule has 0 amide bonds. The number of halogens is 2. The molecule has 1 nitrogen and oxygen atoms in total. The van der Waals surface area contributed by atoms with Gasteiger partial charge in [0, 0.05) is 11.1 Å². The summed E-state index contributed by atoms with van der Waals surface area (Å²) >= 11 is 5.96. The highest BCUT2D eigenvalue weighted by Crippen LogP contribution is 2.25. The Hall–Kier alpha value is -0.240. The first-order valence-electron chi connectivity index (χ1n) is 5.08. The zero-order chi connectivity index (χ0) is 10.7. The molecule has 2 N–H and O–H groups in total. The number of benzene rings is 1. The molecule has 1 aromatic rings. The highest BCUT2D eigenvalue weighted by Gasteiger charge is 2.13. The van der Waals surface area contributed by atoms with Crippen LogP contribution in [0.1, 0.15) is 37.4 Å². The van der Waals surface area contributed by atoms with Gasteiger partial charge in [-0.1, -0.05) is 44.0 Å². The Morgan fingerprint density at radius 2 is 2.00 bits per heavy atom. The van der Waals surface area contributed by atoms with Crippen LogP contribution in [0.15, 0.2) is 18.2 Å². The summed E-state index contributed by atoms with van der Waals surface area (Å²) in [6.45, 7) is 6.34. The van der Waals surface area contributed by atoms with Crippen LogP contribution in [0.4, 0.5) is 0 Å². The molecular weight excluding hydrogens is 229 g/mol. The van der Waals surface area contributed by atoms with Gasteiger partial charge < -0.3 is 5.73 Å². The number of nitrogens with two attached hydrogens (primary N) is 1. The van der Waals surface area contributed by atoms with E-state index in [1.54, 1.807) is 0 Å². The van der Waals surface area contributed by atoms with Crippen LogP contribution in [0.5, 0.6) is 0 Å². The summed E-state index contributed by atoms with van der Waals surface area (Å²) in [4.78, 5) is 0. The van der Waals surface area contributed by atoms with Crippen LogP contribution in [0.25, 0.3) is 0 Å². The highest BCUT2D eigenvalue weighted by atomic mass is 35.5. The largest absolute Gasteiger partial charge is 0.324 e. The molecule has 86 valence electrons. The number of hydrogen-bond acceptors (Lipinski definition) is 1. The first-order chi connectivity index (χ1) is 6.56. The standard InChI is InChI=1S/C12H18ClN.ClH/c1-4-8(2)12(14)10-5-6-11(13)9(3)7-10;/h5-8,12H,4,14H2,1-3H3;1H/t8?,12-;/m0./s1. The predicted octanol–water partition coefficient (Wildman–Crippen LogP) is 4.12. The highest BCUT2D eigenvalue weighted by molar-refractivity contribution is 6.31. The Balaban J connectivity index is 0.00000196. The van der Waals surface area contributed by atoms with Gasteiger partial charge in [-0.2, -0.15) is 0 Å². The smallest absolute Gasteiger partial charge is 0.0435 e. The minimum absolute atomic E-state index is 0. The fourth-order valence-electron chi connectivity index (χ4n) is 1.46. The minimum Gasteiger partial charge on any atom is -0.324 e. The van der Waals surface area contributed by atoms with E-state index in [2.05, 4.69) is 19.9 Å². The molecule has 0 aliphatic carbocycles. The third-order valence-electron chi connectivity index (χ3n) is 2.82. The van der Waals surface area contributed by atoms with E-state index in [4.69, 9.17) is 17.3 Å². The zero-order valence-corrected chi connectivity index (χ0v) is 11.0. The van der Waals surface area contributed by atoms with E-state index in [1.165, 1.54) is 5.56 Å². The second kappa shape index (κ2) is 6.37. The second-order valence-corrected chi connectivity index (χ2v) is 4.33. The van der Waals surface area contributed by atoms with E-state index in [-0.39, 0.29) is 18.4 Å². The third-order valence-corrected chi connectivity index (χ3v) is 3.25. The molecule has 2 atom stereocenters. The summed E-state index contributed by atoms with van der Waals surface area (Å²) in [5, 5.41) is 0.810. The van der Waals surface area contributed by atoms with Crippen molar-refractivity contribution in [2.75, 3.05) is 0 Å². The predicted molar refractivity (Wildman–Crippen MR) is 69.8 cm³/mol. The van der Waals surface area contributed by atoms with Gasteiger partial charge in [0.15, 0.2) is 0 Å². The maximum atomic E-state index is 6.12. The van der Waals surface area contributed by atoms with Crippen LogP contribution in [0.3, 0.4) is 0 Å². The molecule has 0 saturated heterocycles. The molecule has 1 aromatic carbocycles. The summed E-state index contributed by atoms with van der Waals surface area (Å²) in [7, 11) is 0. The molecule has 0 aliphatic heterocycles. The molecule has 0 bridgehead atoms. The van der Waals surface area contributed by atoms with Crippen molar-refractivity contribution < 1.29 is 0 Å². The van der Waals surface area contributed by atoms with Crippen molar-refractivity contribution in [2.45, 2.75) is 33.2 Å². The fraction of sp³-hybridized carbons (Fsp3) is 0.500. The topological polar surface area (TPSA) is 26.0 Å². The normalized spacial score (nSPS) is 14.2. The van der Waals surface area contributed by atoms with Gasteiger partial charge in [-0.05, 0) is 30.0 Å². The van der Waals surface area contributed by atoms with Gasteiger partial charge in [0.05, 0.1) is 0 Å². The van der Waals surface area contributed by atoms with E-state index in [0.29, 0.717) is 5.92 Å². The van der Waals surface area contributed by atoms with Gasteiger partial charge >= 0.3 is 0 Å². The quantitative estimate of drug-likeness (QED) is 0.855. The molecule has 15 heavy (non-hydrogen) atoms. The summed E-state index contributed by atoms with van der Waals surface area (Å²) in [6, 6.07) is 6.15. The van der Waals surface area contributed by atoms with Gasteiger partial charge in [-0.3, -0.25) is 0 Å². The van der Waals surface area contributed by atoms with Gasteiger partial charge in [0.25, 0.3) is 0 Å². The number of aryl methyl sites for hydroxylation is 1. The number of hydrogen-bond donors (Lipinski definition) is 1. The Morgan fingerprint density at radius 1 is 1.40 bits per heavy atom. The van der Waals surface area contributed by atoms with Crippen LogP contribution in [-0.4, -0.2) is 0 Å². The Labute approximate surface area is 103 Å². The third kappa shape index (κ3) is 3.67. The molecule has 3 heteroatoms. The monoisotopic (exact) mass is 247 g/mol. The second-order valence-electron chi connectivity index (χ2n) is 3.92. The average molecular weight is 248 g/mol. The first kappa shape index (κ1) is 14.8. The van der Waals surface area contributed by atoms with Crippen molar-refractivity contribution in [1.82, 2.24) is 0 Å².